The fourth-order valence-corrected chi connectivity index (χ4v) is 13.3. The molecule has 4 unspecified atom stereocenters. The number of aryl methyl sites for hydroxylation is 2. The molecule has 22 nitrogen and oxygen atoms in total. The highest BCUT2D eigenvalue weighted by Gasteiger charge is 2.75. The lowest BCUT2D eigenvalue weighted by Gasteiger charge is -2.80. The second-order valence-electron chi connectivity index (χ2n) is 24.6. The van der Waals surface area contributed by atoms with E-state index in [1.54, 1.807) is 0 Å². The first kappa shape index (κ1) is 68.9. The molecule has 0 radical (unpaired) electrons. The Kier molecular flexibility index (Phi) is 27.2. The van der Waals surface area contributed by atoms with Crippen molar-refractivity contribution in [3.8, 4) is 5.75 Å². The standard InChI is InChI=1S/C65H95F3N10O12/c1-47(2)63-72-70-48(3)78(63)59-43-58-65(59)19-14-57(65)77(58)23-17-56(50-9-5-4-6-10-50)69-64(81)51-44-75(45-51)60(79)13-12-49-15-21-74(22-16-49)20-8-7-11-53-46-76(73-71-53)24-26-83-28-30-85-32-34-87-36-38-89-40-39-88-37-35-86-33-31-84-29-27-82-25-18-61(80)90-62-54(67)41-52(66)42-55(62)68/h4-6,9-10,41-42,46-47,49,51,56-59H,7-8,11-40,43-45H2,1-3H3,(H,69,81)/t56-,57?,58?,59?,65?/m0/s1. The molecule has 498 valence electrons. The van der Waals surface area contributed by atoms with Crippen molar-refractivity contribution in [3.63, 3.8) is 0 Å². The summed E-state index contributed by atoms with van der Waals surface area (Å²) >= 11 is 0. The normalized spacial score (nSPS) is 20.5. The third-order valence-corrected chi connectivity index (χ3v) is 18.4. The Hall–Kier alpha value is -5.48. The van der Waals surface area contributed by atoms with E-state index < -0.39 is 29.2 Å². The molecular weight excluding hydrogens is 1170 g/mol. The molecule has 3 aliphatic heterocycles. The largest absolute Gasteiger partial charge is 0.420 e. The molecule has 2 aromatic carbocycles. The molecule has 0 bridgehead atoms. The maximum atomic E-state index is 13.7. The predicted octanol–water partition coefficient (Wildman–Crippen LogP) is 6.85. The molecule has 2 saturated carbocycles. The van der Waals surface area contributed by atoms with Crippen LogP contribution in [0.5, 0.6) is 5.75 Å². The number of carbonyl (C=O) groups excluding carboxylic acids is 3. The number of carbonyl (C=O) groups is 3. The maximum absolute atomic E-state index is 13.7. The lowest BCUT2D eigenvalue weighted by atomic mass is 9.40. The lowest BCUT2D eigenvalue weighted by molar-refractivity contribution is -0.295. The van der Waals surface area contributed by atoms with E-state index in [1.165, 1.54) is 12.8 Å². The molecular formula is C65H95F3N10O12. The van der Waals surface area contributed by atoms with Gasteiger partial charge in [-0.2, -0.15) is 0 Å². The van der Waals surface area contributed by atoms with E-state index in [9.17, 15) is 27.6 Å². The average molecular weight is 1270 g/mol. The third kappa shape index (κ3) is 19.3. The van der Waals surface area contributed by atoms with Crippen LogP contribution in [0.4, 0.5) is 13.2 Å². The van der Waals surface area contributed by atoms with Crippen molar-refractivity contribution in [3.05, 3.63) is 89.0 Å². The molecule has 5 heterocycles. The number of halogens is 3. The zero-order valence-corrected chi connectivity index (χ0v) is 53.0. The number of esters is 1. The minimum atomic E-state index is -1.30. The van der Waals surface area contributed by atoms with E-state index in [1.807, 2.05) is 21.8 Å². The van der Waals surface area contributed by atoms with Gasteiger partial charge in [0.2, 0.25) is 17.6 Å². The van der Waals surface area contributed by atoms with Gasteiger partial charge in [-0.25, -0.2) is 17.9 Å². The summed E-state index contributed by atoms with van der Waals surface area (Å²) in [7, 11) is 0. The first-order chi connectivity index (χ1) is 43.9. The number of likely N-dealkylation sites (tertiary alicyclic amines) is 3. The number of amides is 2. The van der Waals surface area contributed by atoms with Crippen molar-refractivity contribution in [2.24, 2.45) is 17.3 Å². The molecule has 5 aliphatic rings. The molecule has 9 rings (SSSR count). The van der Waals surface area contributed by atoms with Gasteiger partial charge in [0.05, 0.1) is 136 Å². The highest BCUT2D eigenvalue weighted by Crippen LogP contribution is 2.73. The SMILES string of the molecule is Cc1nnc(C(C)C)n1C1CC2N(CC[C@H](NC(=O)C3CN(C(=O)CCC4CCN(CCCCc5cn(CCOCCOCCOCCOCCOCCOCCOCCOCCC(=O)Oc6c(F)cc(F)cc6F)nn5)CC4)C3)c3ccccc3)C3CCC321. The molecule has 25 heteroatoms. The van der Waals surface area contributed by atoms with E-state index in [0.717, 1.165) is 100 Å². The van der Waals surface area contributed by atoms with E-state index in [-0.39, 0.29) is 50.0 Å². The van der Waals surface area contributed by atoms with E-state index in [2.05, 4.69) is 90.0 Å². The Bertz CT molecular complexity index is 2790. The summed E-state index contributed by atoms with van der Waals surface area (Å²) in [5.41, 5.74) is 2.49. The summed E-state index contributed by atoms with van der Waals surface area (Å²) in [6, 6.07) is 12.9. The van der Waals surface area contributed by atoms with Crippen molar-refractivity contribution in [2.75, 3.05) is 145 Å². The van der Waals surface area contributed by atoms with Crippen molar-refractivity contribution in [2.45, 2.75) is 134 Å². The van der Waals surface area contributed by atoms with Crippen LogP contribution in [0.25, 0.3) is 0 Å². The first-order valence-electron chi connectivity index (χ1n) is 32.8. The monoisotopic (exact) mass is 1260 g/mol. The van der Waals surface area contributed by atoms with Gasteiger partial charge in [-0.05, 0) is 102 Å². The fourth-order valence-electron chi connectivity index (χ4n) is 13.3. The van der Waals surface area contributed by atoms with Crippen molar-refractivity contribution in [1.82, 2.24) is 49.8 Å². The van der Waals surface area contributed by atoms with Gasteiger partial charge in [0.25, 0.3) is 0 Å². The van der Waals surface area contributed by atoms with Crippen LogP contribution in [-0.2, 0) is 65.2 Å². The summed E-state index contributed by atoms with van der Waals surface area (Å²) < 4.78 is 93.1. The zero-order valence-electron chi connectivity index (χ0n) is 53.0. The smallest absolute Gasteiger partial charge is 0.313 e. The molecule has 1 N–H and O–H groups in total. The molecule has 2 aromatic heterocycles. The van der Waals surface area contributed by atoms with Crippen molar-refractivity contribution in [1.29, 1.82) is 0 Å². The summed E-state index contributed by atoms with van der Waals surface area (Å²) in [6.45, 7) is 18.4. The van der Waals surface area contributed by atoms with E-state index in [4.69, 9.17) is 37.9 Å². The second-order valence-corrected chi connectivity index (χ2v) is 24.6. The summed E-state index contributed by atoms with van der Waals surface area (Å²) in [5.74, 6) is -2.44. The topological polar surface area (TPSA) is 217 Å². The third-order valence-electron chi connectivity index (χ3n) is 18.4. The average Bonchev–Trinajstić information content (AvgIpc) is 0.787. The Morgan fingerprint density at radius 3 is 1.86 bits per heavy atom. The first-order valence-corrected chi connectivity index (χ1v) is 32.8. The van der Waals surface area contributed by atoms with E-state index >= 15 is 0 Å². The number of nitrogens with one attached hydrogen (secondary N) is 1. The molecule has 4 aromatic rings. The van der Waals surface area contributed by atoms with Gasteiger partial charge in [-0.3, -0.25) is 19.3 Å². The van der Waals surface area contributed by atoms with Gasteiger partial charge in [-0.1, -0.05) is 49.4 Å². The minimum absolute atomic E-state index is 0.0414. The van der Waals surface area contributed by atoms with Gasteiger partial charge in [0.1, 0.15) is 17.5 Å². The number of hydrogen-bond acceptors (Lipinski definition) is 18. The van der Waals surface area contributed by atoms with Crippen LogP contribution in [0, 0.1) is 41.6 Å². The highest BCUT2D eigenvalue weighted by molar-refractivity contribution is 5.84. The number of ether oxygens (including phenoxy) is 9. The Balaban J connectivity index is 0.502. The van der Waals surface area contributed by atoms with Crippen LogP contribution >= 0.6 is 0 Å². The summed E-state index contributed by atoms with van der Waals surface area (Å²) in [6.07, 6.45) is 13.0. The number of piperidine rings is 3. The molecule has 2 aliphatic carbocycles. The number of nitrogens with zero attached hydrogens (tertiary/aromatic N) is 9. The van der Waals surface area contributed by atoms with Crippen LogP contribution in [-0.4, -0.2) is 219 Å². The number of hydrogen-bond donors (Lipinski definition) is 1. The lowest BCUT2D eigenvalue weighted by Crippen LogP contribution is -2.85. The number of benzene rings is 2. The summed E-state index contributed by atoms with van der Waals surface area (Å²) in [4.78, 5) is 45.9. The number of rotatable bonds is 44. The second kappa shape index (κ2) is 35.5. The van der Waals surface area contributed by atoms with Crippen molar-refractivity contribution >= 4 is 17.8 Å². The van der Waals surface area contributed by atoms with Crippen LogP contribution < -0.4 is 10.1 Å². The zero-order chi connectivity index (χ0) is 63.1. The van der Waals surface area contributed by atoms with E-state index in [0.29, 0.717) is 159 Å². The van der Waals surface area contributed by atoms with Gasteiger partial charge >= 0.3 is 5.97 Å². The quantitative estimate of drug-likeness (QED) is 0.0272. The van der Waals surface area contributed by atoms with Crippen molar-refractivity contribution < 1.29 is 70.2 Å². The Labute approximate surface area is 527 Å². The molecule has 5 atom stereocenters. The summed E-state index contributed by atoms with van der Waals surface area (Å²) in [5, 5.41) is 21.1. The van der Waals surface area contributed by atoms with Crippen LogP contribution in [0.1, 0.15) is 125 Å². The van der Waals surface area contributed by atoms with Gasteiger partial charge < -0.3 is 62.3 Å². The minimum Gasteiger partial charge on any atom is -0.420 e. The fraction of sp³-hybridized carbons (Fsp3) is 0.708. The number of unbranched alkanes of at least 4 members (excludes halogenated alkanes) is 1. The number of aromatic nitrogens is 6. The van der Waals surface area contributed by atoms with Crippen LogP contribution in [0.2, 0.25) is 0 Å². The highest BCUT2D eigenvalue weighted by atomic mass is 19.1. The van der Waals surface area contributed by atoms with Gasteiger partial charge in [0.15, 0.2) is 11.6 Å². The Morgan fingerprint density at radius 2 is 1.28 bits per heavy atom. The molecule has 1 spiro atoms. The van der Waals surface area contributed by atoms with Crippen LogP contribution in [0.3, 0.4) is 0 Å². The molecule has 5 fully saturated rings. The molecule has 2 amide bonds. The Morgan fingerprint density at radius 1 is 0.678 bits per heavy atom. The van der Waals surface area contributed by atoms with Gasteiger partial charge in [0, 0.05) is 73.8 Å². The molecule has 3 saturated heterocycles. The van der Waals surface area contributed by atoms with Gasteiger partial charge in [-0.15, -0.1) is 15.3 Å². The predicted molar refractivity (Wildman–Crippen MR) is 325 cm³/mol. The maximum Gasteiger partial charge on any atom is 0.313 e. The molecule has 90 heavy (non-hydrogen) atoms. The van der Waals surface area contributed by atoms with Crippen LogP contribution in [0.15, 0.2) is 48.7 Å².